The molecule has 0 aromatic carbocycles. The van der Waals surface area contributed by atoms with E-state index < -0.39 is 5.60 Å². The number of hydrogen-bond donors (Lipinski definition) is 1. The number of hydrogen-bond acceptors (Lipinski definition) is 4. The Labute approximate surface area is 102 Å². The van der Waals surface area contributed by atoms with Crippen LogP contribution in [0.3, 0.4) is 0 Å². The molecule has 0 aliphatic rings. The van der Waals surface area contributed by atoms with Gasteiger partial charge in [-0.15, -0.1) is 0 Å². The van der Waals surface area contributed by atoms with Crippen molar-refractivity contribution in [2.24, 2.45) is 0 Å². The van der Waals surface area contributed by atoms with Crippen LogP contribution in [0.1, 0.15) is 33.4 Å². The van der Waals surface area contributed by atoms with E-state index in [2.05, 4.69) is 17.2 Å². The molecule has 1 N–H and O–H groups in total. The highest BCUT2D eigenvalue weighted by molar-refractivity contribution is 5.72. The summed E-state index contributed by atoms with van der Waals surface area (Å²) in [5, 5.41) is 3.05. The number of ether oxygens (including phenoxy) is 1. The van der Waals surface area contributed by atoms with Crippen molar-refractivity contribution in [3.05, 3.63) is 18.2 Å². The molecule has 0 saturated heterocycles. The summed E-state index contributed by atoms with van der Waals surface area (Å²) in [5.74, 6) is -0.236. The molecular formula is C12H21N3O2. The molecule has 0 unspecified atom stereocenters. The molecule has 0 spiro atoms. The van der Waals surface area contributed by atoms with Crippen LogP contribution in [0.15, 0.2) is 12.5 Å². The minimum absolute atomic E-state index is 0.214. The van der Waals surface area contributed by atoms with Gasteiger partial charge in [0.25, 0.3) is 0 Å². The summed E-state index contributed by atoms with van der Waals surface area (Å²) >= 11 is 0. The normalized spacial score (nSPS) is 11.5. The summed E-state index contributed by atoms with van der Waals surface area (Å²) < 4.78 is 7.22. The Morgan fingerprint density at radius 1 is 1.53 bits per heavy atom. The van der Waals surface area contributed by atoms with E-state index >= 15 is 0 Å². The molecular weight excluding hydrogens is 218 g/mol. The maximum absolute atomic E-state index is 11.4. The van der Waals surface area contributed by atoms with Gasteiger partial charge >= 0.3 is 5.97 Å². The van der Waals surface area contributed by atoms with Gasteiger partial charge in [0, 0.05) is 19.3 Å². The van der Waals surface area contributed by atoms with E-state index in [0.29, 0.717) is 6.54 Å². The molecule has 5 nitrogen and oxygen atoms in total. The molecule has 1 heterocycles. The summed E-state index contributed by atoms with van der Waals surface area (Å²) in [6, 6.07) is 0. The largest absolute Gasteiger partial charge is 0.459 e. The van der Waals surface area contributed by atoms with E-state index in [0.717, 1.165) is 12.2 Å². The zero-order valence-corrected chi connectivity index (χ0v) is 11.0. The van der Waals surface area contributed by atoms with Gasteiger partial charge in [-0.1, -0.05) is 0 Å². The Morgan fingerprint density at radius 2 is 2.24 bits per heavy atom. The standard InChI is InChI=1S/C12H21N3O2/c1-5-15-9-14-7-10(15)6-13-8-11(16)17-12(2,3)4/h7,9,13H,5-6,8H2,1-4H3. The third-order valence-corrected chi connectivity index (χ3v) is 2.13. The monoisotopic (exact) mass is 239 g/mol. The molecule has 17 heavy (non-hydrogen) atoms. The van der Waals surface area contributed by atoms with Crippen molar-refractivity contribution in [1.29, 1.82) is 0 Å². The Balaban J connectivity index is 2.31. The van der Waals surface area contributed by atoms with E-state index in [9.17, 15) is 4.79 Å². The molecule has 1 aromatic rings. The van der Waals surface area contributed by atoms with Crippen molar-refractivity contribution >= 4 is 5.97 Å². The Hall–Kier alpha value is -1.36. The summed E-state index contributed by atoms with van der Waals surface area (Å²) in [6.45, 7) is 9.34. The molecule has 0 atom stereocenters. The number of nitrogens with zero attached hydrogens (tertiary/aromatic N) is 2. The van der Waals surface area contributed by atoms with Crippen LogP contribution in [0.4, 0.5) is 0 Å². The molecule has 0 bridgehead atoms. The van der Waals surface area contributed by atoms with Crippen LogP contribution in [0, 0.1) is 0 Å². The number of esters is 1. The van der Waals surface area contributed by atoms with E-state index in [1.165, 1.54) is 0 Å². The highest BCUT2D eigenvalue weighted by Crippen LogP contribution is 2.06. The fraction of sp³-hybridized carbons (Fsp3) is 0.667. The molecule has 96 valence electrons. The molecule has 1 aromatic heterocycles. The number of imidazole rings is 1. The minimum Gasteiger partial charge on any atom is -0.459 e. The molecule has 0 amide bonds. The van der Waals surface area contributed by atoms with Crippen LogP contribution in [-0.2, 0) is 22.6 Å². The van der Waals surface area contributed by atoms with Crippen molar-refractivity contribution in [2.75, 3.05) is 6.54 Å². The average Bonchev–Trinajstić information content (AvgIpc) is 2.62. The second kappa shape index (κ2) is 5.82. The fourth-order valence-electron chi connectivity index (χ4n) is 1.45. The summed E-state index contributed by atoms with van der Waals surface area (Å²) in [4.78, 5) is 15.5. The number of aromatic nitrogens is 2. The van der Waals surface area contributed by atoms with Crippen LogP contribution < -0.4 is 5.32 Å². The highest BCUT2D eigenvalue weighted by Gasteiger charge is 2.15. The molecule has 0 radical (unpaired) electrons. The fourth-order valence-corrected chi connectivity index (χ4v) is 1.45. The van der Waals surface area contributed by atoms with Crippen molar-refractivity contribution < 1.29 is 9.53 Å². The summed E-state index contributed by atoms with van der Waals surface area (Å²) in [5.41, 5.74) is 0.639. The Morgan fingerprint density at radius 3 is 2.82 bits per heavy atom. The van der Waals surface area contributed by atoms with E-state index in [-0.39, 0.29) is 12.5 Å². The molecule has 0 fully saturated rings. The van der Waals surface area contributed by atoms with E-state index in [1.807, 2.05) is 25.3 Å². The number of carbonyl (C=O) groups excluding carboxylic acids is 1. The zero-order valence-electron chi connectivity index (χ0n) is 11.0. The molecule has 5 heteroatoms. The van der Waals surface area contributed by atoms with Gasteiger partial charge in [-0.25, -0.2) is 4.98 Å². The molecule has 0 aliphatic carbocycles. The number of rotatable bonds is 5. The second-order valence-corrected chi connectivity index (χ2v) is 4.86. The predicted octanol–water partition coefficient (Wildman–Crippen LogP) is 1.33. The first-order valence-corrected chi connectivity index (χ1v) is 5.84. The lowest BCUT2D eigenvalue weighted by Crippen LogP contribution is -2.31. The lowest BCUT2D eigenvalue weighted by Gasteiger charge is -2.19. The van der Waals surface area contributed by atoms with Crippen LogP contribution >= 0.6 is 0 Å². The van der Waals surface area contributed by atoms with Crippen LogP contribution in [0.2, 0.25) is 0 Å². The van der Waals surface area contributed by atoms with Crippen molar-refractivity contribution in [1.82, 2.24) is 14.9 Å². The van der Waals surface area contributed by atoms with Crippen LogP contribution in [0.25, 0.3) is 0 Å². The zero-order chi connectivity index (χ0) is 12.9. The van der Waals surface area contributed by atoms with Crippen molar-refractivity contribution in [3.63, 3.8) is 0 Å². The van der Waals surface area contributed by atoms with Gasteiger partial charge in [-0.05, 0) is 27.7 Å². The van der Waals surface area contributed by atoms with Crippen LogP contribution in [-0.4, -0.2) is 27.7 Å². The maximum atomic E-state index is 11.4. The Bertz CT molecular complexity index is 366. The van der Waals surface area contributed by atoms with E-state index in [4.69, 9.17) is 4.74 Å². The molecule has 1 rings (SSSR count). The lowest BCUT2D eigenvalue weighted by atomic mass is 10.2. The number of carbonyl (C=O) groups is 1. The van der Waals surface area contributed by atoms with Crippen molar-refractivity contribution in [2.45, 2.75) is 46.4 Å². The van der Waals surface area contributed by atoms with Gasteiger partial charge in [-0.2, -0.15) is 0 Å². The van der Waals surface area contributed by atoms with Crippen LogP contribution in [0.5, 0.6) is 0 Å². The van der Waals surface area contributed by atoms with Gasteiger partial charge in [0.15, 0.2) is 0 Å². The van der Waals surface area contributed by atoms with Gasteiger partial charge in [-0.3, -0.25) is 4.79 Å². The van der Waals surface area contributed by atoms with Gasteiger partial charge in [0.05, 0.1) is 18.6 Å². The first-order chi connectivity index (χ1) is 7.92. The lowest BCUT2D eigenvalue weighted by molar-refractivity contribution is -0.153. The quantitative estimate of drug-likeness (QED) is 0.788. The minimum atomic E-state index is -0.427. The van der Waals surface area contributed by atoms with Gasteiger partial charge < -0.3 is 14.6 Å². The summed E-state index contributed by atoms with van der Waals surface area (Å²) in [6.07, 6.45) is 3.58. The third kappa shape index (κ3) is 4.99. The first kappa shape index (κ1) is 13.7. The van der Waals surface area contributed by atoms with E-state index in [1.54, 1.807) is 12.5 Å². The number of aryl methyl sites for hydroxylation is 1. The Kier molecular flexibility index (Phi) is 4.69. The van der Waals surface area contributed by atoms with Gasteiger partial charge in [0.2, 0.25) is 0 Å². The van der Waals surface area contributed by atoms with Crippen molar-refractivity contribution in [3.8, 4) is 0 Å². The maximum Gasteiger partial charge on any atom is 0.320 e. The first-order valence-electron chi connectivity index (χ1n) is 5.84. The SMILES string of the molecule is CCn1cncc1CNCC(=O)OC(C)(C)C. The smallest absolute Gasteiger partial charge is 0.320 e. The number of nitrogens with one attached hydrogen (secondary N) is 1. The van der Waals surface area contributed by atoms with Gasteiger partial charge in [0.1, 0.15) is 5.60 Å². The summed E-state index contributed by atoms with van der Waals surface area (Å²) in [7, 11) is 0. The predicted molar refractivity (Wildman–Crippen MR) is 65.5 cm³/mol. The third-order valence-electron chi connectivity index (χ3n) is 2.13. The molecule has 0 saturated carbocycles. The average molecular weight is 239 g/mol. The second-order valence-electron chi connectivity index (χ2n) is 4.86. The topological polar surface area (TPSA) is 56.2 Å². The highest BCUT2D eigenvalue weighted by atomic mass is 16.6. The molecule has 0 aliphatic heterocycles.